The molecule has 1 atom stereocenters. The van der Waals surface area contributed by atoms with Gasteiger partial charge in [0.1, 0.15) is 6.54 Å². The Bertz CT molecular complexity index is 981. The van der Waals surface area contributed by atoms with Gasteiger partial charge in [-0.05, 0) is 17.7 Å². The highest BCUT2D eigenvalue weighted by molar-refractivity contribution is 7.16. The van der Waals surface area contributed by atoms with E-state index >= 15 is 0 Å². The van der Waals surface area contributed by atoms with Gasteiger partial charge in [0, 0.05) is 0 Å². The van der Waals surface area contributed by atoms with Gasteiger partial charge < -0.3 is 9.47 Å². The van der Waals surface area contributed by atoms with Crippen LogP contribution in [0.15, 0.2) is 59.4 Å². The maximum atomic E-state index is 12.3. The van der Waals surface area contributed by atoms with Crippen molar-refractivity contribution in [2.24, 2.45) is 0 Å². The third kappa shape index (κ3) is 5.24. The minimum atomic E-state index is -1.98. The zero-order valence-electron chi connectivity index (χ0n) is 13.8. The number of para-hydroxylation sites is 1. The number of fused-ring (bicyclic) bond motifs is 1. The number of rotatable bonds is 6. The van der Waals surface area contributed by atoms with Gasteiger partial charge >= 0.3 is 10.8 Å². The SMILES string of the molecule is O=C(Cn1c(=O)sc2ccccc21)O[C@@H](OCc1ccccc1)C(Cl)(Cl)Cl. The molecule has 3 rings (SSSR count). The molecule has 1 aromatic heterocycles. The molecular weight excluding hydrogens is 433 g/mol. The molecule has 0 aliphatic carbocycles. The molecule has 0 saturated carbocycles. The van der Waals surface area contributed by atoms with Crippen molar-refractivity contribution in [3.8, 4) is 0 Å². The molecule has 5 nitrogen and oxygen atoms in total. The lowest BCUT2D eigenvalue weighted by molar-refractivity contribution is -0.181. The molecule has 0 unspecified atom stereocenters. The number of aromatic nitrogens is 1. The molecule has 0 spiro atoms. The van der Waals surface area contributed by atoms with Crippen molar-refractivity contribution in [2.45, 2.75) is 23.2 Å². The van der Waals surface area contributed by atoms with Crippen LogP contribution in [0.4, 0.5) is 0 Å². The second kappa shape index (κ2) is 8.63. The van der Waals surface area contributed by atoms with Crippen molar-refractivity contribution in [3.63, 3.8) is 0 Å². The smallest absolute Gasteiger partial charge is 0.328 e. The van der Waals surface area contributed by atoms with E-state index in [4.69, 9.17) is 44.3 Å². The van der Waals surface area contributed by atoms with Gasteiger partial charge in [0.15, 0.2) is 0 Å². The number of ether oxygens (including phenoxy) is 2. The van der Waals surface area contributed by atoms with Gasteiger partial charge in [0.05, 0.1) is 16.8 Å². The third-order valence-corrected chi connectivity index (χ3v) is 5.11. The maximum Gasteiger partial charge on any atom is 0.328 e. The summed E-state index contributed by atoms with van der Waals surface area (Å²) in [6.07, 6.45) is -1.42. The summed E-state index contributed by atoms with van der Waals surface area (Å²) in [5, 5.41) is 0. The minimum Gasteiger partial charge on any atom is -0.430 e. The fourth-order valence-electron chi connectivity index (χ4n) is 2.39. The lowest BCUT2D eigenvalue weighted by Crippen LogP contribution is -2.35. The number of esters is 1. The maximum absolute atomic E-state index is 12.3. The number of nitrogens with zero attached hydrogens (tertiary/aromatic N) is 1. The Morgan fingerprint density at radius 3 is 2.44 bits per heavy atom. The van der Waals surface area contributed by atoms with E-state index in [0.717, 1.165) is 21.6 Å². The molecule has 27 heavy (non-hydrogen) atoms. The monoisotopic (exact) mass is 445 g/mol. The highest BCUT2D eigenvalue weighted by Crippen LogP contribution is 2.33. The number of halogens is 3. The van der Waals surface area contributed by atoms with Crippen LogP contribution in [0, 0.1) is 0 Å². The van der Waals surface area contributed by atoms with Gasteiger partial charge in [-0.3, -0.25) is 14.2 Å². The largest absolute Gasteiger partial charge is 0.430 e. The Morgan fingerprint density at radius 1 is 1.07 bits per heavy atom. The van der Waals surface area contributed by atoms with Gasteiger partial charge in [0.25, 0.3) is 10.1 Å². The van der Waals surface area contributed by atoms with Crippen LogP contribution in [-0.4, -0.2) is 20.6 Å². The number of hydrogen-bond acceptors (Lipinski definition) is 5. The molecule has 0 fully saturated rings. The summed E-state index contributed by atoms with van der Waals surface area (Å²) in [5.74, 6) is -0.745. The van der Waals surface area contributed by atoms with E-state index in [2.05, 4.69) is 0 Å². The number of hydrogen-bond donors (Lipinski definition) is 0. The Hall–Kier alpha value is -1.57. The molecule has 1 heterocycles. The first-order chi connectivity index (χ1) is 12.8. The van der Waals surface area contributed by atoms with Crippen LogP contribution in [-0.2, 0) is 27.4 Å². The van der Waals surface area contributed by atoms with E-state index in [1.54, 1.807) is 18.2 Å². The van der Waals surface area contributed by atoms with E-state index in [0.29, 0.717) is 5.52 Å². The molecule has 142 valence electrons. The van der Waals surface area contributed by atoms with Crippen LogP contribution in [0.2, 0.25) is 0 Å². The van der Waals surface area contributed by atoms with E-state index in [-0.39, 0.29) is 18.0 Å². The van der Waals surface area contributed by atoms with Crippen LogP contribution in [0.5, 0.6) is 0 Å². The second-order valence-electron chi connectivity index (χ2n) is 5.58. The van der Waals surface area contributed by atoms with Crippen molar-refractivity contribution in [3.05, 3.63) is 69.8 Å². The zero-order valence-corrected chi connectivity index (χ0v) is 16.9. The fraction of sp³-hybridized carbons (Fsp3) is 0.222. The Labute approximate surface area is 174 Å². The normalized spacial score (nSPS) is 12.9. The predicted octanol–water partition coefficient (Wildman–Crippen LogP) is 4.52. The van der Waals surface area contributed by atoms with E-state index in [1.165, 1.54) is 4.57 Å². The Morgan fingerprint density at radius 2 is 1.74 bits per heavy atom. The molecule has 0 bridgehead atoms. The third-order valence-electron chi connectivity index (χ3n) is 3.61. The summed E-state index contributed by atoms with van der Waals surface area (Å²) in [6.45, 7) is -0.219. The quantitative estimate of drug-likeness (QED) is 0.317. The zero-order chi connectivity index (χ0) is 19.4. The van der Waals surface area contributed by atoms with Gasteiger partial charge in [-0.2, -0.15) is 0 Å². The molecule has 9 heteroatoms. The molecule has 0 N–H and O–H groups in total. The summed E-state index contributed by atoms with van der Waals surface area (Å²) >= 11 is 18.7. The van der Waals surface area contributed by atoms with Gasteiger partial charge in [0.2, 0.25) is 0 Å². The van der Waals surface area contributed by atoms with Gasteiger partial charge in [-0.1, -0.05) is 88.6 Å². The van der Waals surface area contributed by atoms with Crippen LogP contribution in [0.25, 0.3) is 10.2 Å². The first-order valence-corrected chi connectivity index (χ1v) is 9.80. The summed E-state index contributed by atoms with van der Waals surface area (Å²) in [4.78, 5) is 24.2. The molecule has 3 aromatic rings. The van der Waals surface area contributed by atoms with E-state index in [1.807, 2.05) is 36.4 Å². The lowest BCUT2D eigenvalue weighted by atomic mass is 10.2. The number of carbonyl (C=O) groups is 1. The van der Waals surface area contributed by atoms with Crippen LogP contribution in [0.1, 0.15) is 5.56 Å². The summed E-state index contributed by atoms with van der Waals surface area (Å²) in [7, 11) is 0. The van der Waals surface area contributed by atoms with E-state index < -0.39 is 16.1 Å². The highest BCUT2D eigenvalue weighted by atomic mass is 35.6. The lowest BCUT2D eigenvalue weighted by Gasteiger charge is -2.24. The molecule has 0 saturated heterocycles. The minimum absolute atomic E-state index is 0.0913. The van der Waals surface area contributed by atoms with Crippen molar-refractivity contribution in [1.82, 2.24) is 4.57 Å². The number of benzene rings is 2. The standard InChI is InChI=1S/C18H14Cl3NO4S/c19-18(20,21)16(25-11-12-6-2-1-3-7-12)26-15(23)10-22-13-8-4-5-9-14(13)27-17(22)24/h1-9,16H,10-11H2/t16-/m1/s1. The molecular formula is C18H14Cl3NO4S. The second-order valence-corrected chi connectivity index (χ2v) is 8.94. The van der Waals surface area contributed by atoms with Gasteiger partial charge in [-0.25, -0.2) is 0 Å². The van der Waals surface area contributed by atoms with Crippen molar-refractivity contribution >= 4 is 62.3 Å². The number of carbonyl (C=O) groups excluding carboxylic acids is 1. The highest BCUT2D eigenvalue weighted by Gasteiger charge is 2.37. The molecule has 0 amide bonds. The average molecular weight is 447 g/mol. The Balaban J connectivity index is 1.70. The van der Waals surface area contributed by atoms with Crippen molar-refractivity contribution in [1.29, 1.82) is 0 Å². The summed E-state index contributed by atoms with van der Waals surface area (Å²) in [6, 6.07) is 16.3. The first kappa shape index (κ1) is 20.2. The number of alkyl halides is 3. The molecule has 2 aromatic carbocycles. The van der Waals surface area contributed by atoms with Crippen molar-refractivity contribution in [2.75, 3.05) is 0 Å². The fourth-order valence-corrected chi connectivity index (χ4v) is 3.60. The van der Waals surface area contributed by atoms with Crippen LogP contribution >= 0.6 is 46.1 Å². The molecule has 0 aliphatic heterocycles. The van der Waals surface area contributed by atoms with Crippen LogP contribution in [0.3, 0.4) is 0 Å². The Kier molecular flexibility index (Phi) is 6.44. The topological polar surface area (TPSA) is 57.5 Å². The molecule has 0 radical (unpaired) electrons. The summed E-state index contributed by atoms with van der Waals surface area (Å²) < 4.78 is 10.8. The average Bonchev–Trinajstić information content (AvgIpc) is 2.94. The summed E-state index contributed by atoms with van der Waals surface area (Å²) in [5.41, 5.74) is 1.47. The van der Waals surface area contributed by atoms with Crippen molar-refractivity contribution < 1.29 is 14.3 Å². The number of thiazole rings is 1. The first-order valence-electron chi connectivity index (χ1n) is 7.84. The van der Waals surface area contributed by atoms with Crippen LogP contribution < -0.4 is 4.87 Å². The molecule has 0 aliphatic rings. The predicted molar refractivity (Wildman–Crippen MR) is 107 cm³/mol. The van der Waals surface area contributed by atoms with E-state index in [9.17, 15) is 9.59 Å². The van der Waals surface area contributed by atoms with Gasteiger partial charge in [-0.15, -0.1) is 0 Å².